The Kier molecular flexibility index (Phi) is 6.99. The number of benzene rings is 5. The number of pyridine rings is 1. The number of phenols is 2. The number of hydrogen-bond donors (Lipinski definition) is 4. The number of fused-ring (bicyclic) bond motifs is 6. The first-order valence-electron chi connectivity index (χ1n) is 15.2. The van der Waals surface area contributed by atoms with Gasteiger partial charge in [-0.3, -0.25) is 33.6 Å². The van der Waals surface area contributed by atoms with E-state index in [1.54, 1.807) is 0 Å². The van der Waals surface area contributed by atoms with Crippen molar-refractivity contribution in [1.82, 2.24) is 14.8 Å². The van der Waals surface area contributed by atoms with Crippen LogP contribution in [0, 0.1) is 6.92 Å². The normalized spacial score (nSPS) is 16.5. The molecule has 15 nitrogen and oxygen atoms in total. The molecule has 2 unspecified atom stereocenters. The fourth-order valence-electron chi connectivity index (χ4n) is 6.99. The van der Waals surface area contributed by atoms with E-state index in [0.29, 0.717) is 0 Å². The molecule has 0 radical (unpaired) electrons. The van der Waals surface area contributed by atoms with Gasteiger partial charge in [0.1, 0.15) is 35.9 Å². The Hall–Kier alpha value is -6.64. The largest absolute Gasteiger partial charge is 0.506 e. The summed E-state index contributed by atoms with van der Waals surface area (Å²) in [7, 11) is 1.20. The summed E-state index contributed by atoms with van der Waals surface area (Å²) >= 11 is 0. The van der Waals surface area contributed by atoms with Crippen molar-refractivity contribution < 1.29 is 34.4 Å². The summed E-state index contributed by atoms with van der Waals surface area (Å²) in [6, 6.07) is 5.18. The smallest absolute Gasteiger partial charge is 0.328 e. The molecule has 0 bridgehead atoms. The van der Waals surface area contributed by atoms with E-state index in [4.69, 9.17) is 4.74 Å². The Morgan fingerprint density at radius 1 is 0.820 bits per heavy atom. The number of carboxylic acids is 1. The summed E-state index contributed by atoms with van der Waals surface area (Å²) in [6.45, 7) is 1.72. The standard InChI is InChI=1S/C35H25N3O12/c1-12-9-17-24(34(47)37(12)11-20(40)38-10-18(35(48)49)36-33(46)13(38)2)30(44)22-15(27(17)41)7-8-16-23(22)31(45)25-26(32(16)50-3)29(43)21-14(28(25)42)5-4-6-19(21)39/h4-9,13,18,42-43H,10-11H2,1-3H3,(H,36,46)(H,48,49). The van der Waals surface area contributed by atoms with E-state index in [2.05, 4.69) is 5.32 Å². The fraction of sp³-hybridized carbons (Fsp3) is 0.200. The number of hydrogen-bond acceptors (Lipinski definition) is 11. The van der Waals surface area contributed by atoms with Crippen molar-refractivity contribution in [2.24, 2.45) is 0 Å². The van der Waals surface area contributed by atoms with Crippen molar-refractivity contribution in [2.45, 2.75) is 32.5 Å². The van der Waals surface area contributed by atoms with Crippen LogP contribution in [0.3, 0.4) is 0 Å². The molecule has 7 rings (SSSR count). The van der Waals surface area contributed by atoms with Crippen LogP contribution in [0.15, 0.2) is 60.4 Å². The summed E-state index contributed by atoms with van der Waals surface area (Å²) in [5.74, 6) is -4.38. The van der Waals surface area contributed by atoms with Crippen LogP contribution in [0.2, 0.25) is 0 Å². The van der Waals surface area contributed by atoms with Gasteiger partial charge < -0.3 is 34.8 Å². The number of nitrogens with one attached hydrogen (secondary N) is 1. The van der Waals surface area contributed by atoms with Crippen LogP contribution in [0.25, 0.3) is 53.9 Å². The Labute approximate surface area is 277 Å². The van der Waals surface area contributed by atoms with Crippen LogP contribution >= 0.6 is 0 Å². The van der Waals surface area contributed by atoms with Gasteiger partial charge in [-0.2, -0.15) is 0 Å². The lowest BCUT2D eigenvalue weighted by atomic mass is 9.92. The van der Waals surface area contributed by atoms with Gasteiger partial charge in [0.15, 0.2) is 16.3 Å². The van der Waals surface area contributed by atoms with Gasteiger partial charge in [-0.05, 0) is 38.1 Å². The molecule has 4 N–H and O–H groups in total. The topological polar surface area (TPSA) is 227 Å². The third kappa shape index (κ3) is 4.22. The maximum Gasteiger partial charge on any atom is 0.328 e. The van der Waals surface area contributed by atoms with Gasteiger partial charge in [0.25, 0.3) is 5.56 Å². The van der Waals surface area contributed by atoms with Crippen LogP contribution in [-0.4, -0.2) is 68.3 Å². The predicted octanol–water partition coefficient (Wildman–Crippen LogP) is 0.459. The van der Waals surface area contributed by atoms with E-state index < -0.39 is 96.7 Å². The highest BCUT2D eigenvalue weighted by molar-refractivity contribution is 6.22. The van der Waals surface area contributed by atoms with E-state index >= 15 is 0 Å². The first-order chi connectivity index (χ1) is 23.7. The van der Waals surface area contributed by atoms with Gasteiger partial charge in [0, 0.05) is 38.0 Å². The molecule has 6 aromatic rings. The van der Waals surface area contributed by atoms with Crippen molar-refractivity contribution in [2.75, 3.05) is 13.7 Å². The van der Waals surface area contributed by atoms with E-state index in [1.807, 2.05) is 0 Å². The summed E-state index contributed by atoms with van der Waals surface area (Å²) < 4.78 is 6.48. The zero-order valence-electron chi connectivity index (χ0n) is 26.4. The molecule has 5 aromatic carbocycles. The van der Waals surface area contributed by atoms with Crippen molar-refractivity contribution >= 4 is 71.6 Å². The average Bonchev–Trinajstić information content (AvgIpc) is 3.07. The van der Waals surface area contributed by atoms with Gasteiger partial charge in [-0.15, -0.1) is 0 Å². The number of carboxylic acid groups (broad SMARTS) is 1. The number of carbonyl (C=O) groups is 3. The summed E-state index contributed by atoms with van der Waals surface area (Å²) in [5, 5.41) is 31.0. The number of aliphatic carboxylic acids is 1. The molecule has 2 amide bonds. The van der Waals surface area contributed by atoms with E-state index in [0.717, 1.165) is 15.5 Å². The number of phenolic OH excluding ortho intramolecular Hbond substituents is 2. The summed E-state index contributed by atoms with van der Waals surface area (Å²) in [6.07, 6.45) is 0. The summed E-state index contributed by atoms with van der Waals surface area (Å²) in [5.41, 5.74) is -4.38. The predicted molar refractivity (Wildman–Crippen MR) is 181 cm³/mol. The molecule has 50 heavy (non-hydrogen) atoms. The number of piperazine rings is 1. The number of rotatable bonds is 4. The van der Waals surface area contributed by atoms with Crippen LogP contribution in [0.5, 0.6) is 17.2 Å². The number of aromatic nitrogens is 1. The molecule has 1 saturated heterocycles. The molecule has 0 saturated carbocycles. The SMILES string of the molecule is COc1c2ccc3c(=O)c4cc(C)n(CC(=O)N5CC(C(=O)O)NC(=O)C5C)c(=O)c4c(=O)c3c2c(=O)c2c(O)c3cccc(=O)c3c(O)c12. The first-order valence-corrected chi connectivity index (χ1v) is 15.2. The molecular weight excluding hydrogens is 654 g/mol. The molecule has 2 heterocycles. The Morgan fingerprint density at radius 2 is 1.48 bits per heavy atom. The van der Waals surface area contributed by atoms with E-state index in [9.17, 15) is 53.7 Å². The van der Waals surface area contributed by atoms with E-state index in [1.165, 1.54) is 51.3 Å². The Morgan fingerprint density at radius 3 is 2.16 bits per heavy atom. The highest BCUT2D eigenvalue weighted by Gasteiger charge is 2.37. The molecule has 1 aliphatic rings. The third-order valence-corrected chi connectivity index (χ3v) is 9.48. The minimum atomic E-state index is -1.39. The van der Waals surface area contributed by atoms with E-state index in [-0.39, 0.29) is 50.3 Å². The highest BCUT2D eigenvalue weighted by Crippen LogP contribution is 2.46. The minimum Gasteiger partial charge on any atom is -0.506 e. The molecular formula is C35H25N3O12. The number of aromatic hydroxyl groups is 2. The molecule has 1 aromatic heterocycles. The number of carbonyl (C=O) groups excluding carboxylic acids is 2. The van der Waals surface area contributed by atoms with Gasteiger partial charge in [0.05, 0.1) is 35.2 Å². The Balaban J connectivity index is 1.54. The fourth-order valence-corrected chi connectivity index (χ4v) is 6.99. The summed E-state index contributed by atoms with van der Waals surface area (Å²) in [4.78, 5) is 108. The van der Waals surface area contributed by atoms with Gasteiger partial charge in [-0.1, -0.05) is 12.1 Å². The molecule has 0 aliphatic carbocycles. The molecule has 252 valence electrons. The molecule has 15 heteroatoms. The molecule has 0 spiro atoms. The lowest BCUT2D eigenvalue weighted by Crippen LogP contribution is -2.63. The second kappa shape index (κ2) is 10.9. The van der Waals surface area contributed by atoms with Gasteiger partial charge >= 0.3 is 5.97 Å². The number of amides is 2. The zero-order valence-corrected chi connectivity index (χ0v) is 26.4. The average molecular weight is 680 g/mol. The molecule has 1 fully saturated rings. The van der Waals surface area contributed by atoms with Crippen LogP contribution in [-0.2, 0) is 20.9 Å². The Bertz CT molecular complexity index is 2870. The highest BCUT2D eigenvalue weighted by atomic mass is 16.5. The quantitative estimate of drug-likeness (QED) is 0.113. The zero-order chi connectivity index (χ0) is 36.1. The van der Waals surface area contributed by atoms with Crippen molar-refractivity contribution in [1.29, 1.82) is 0 Å². The second-order valence-electron chi connectivity index (χ2n) is 12.1. The van der Waals surface area contributed by atoms with Crippen molar-refractivity contribution in [3.63, 3.8) is 0 Å². The lowest BCUT2D eigenvalue weighted by Gasteiger charge is -2.36. The maximum absolute atomic E-state index is 14.3. The van der Waals surface area contributed by atoms with Gasteiger partial charge in [-0.25, -0.2) is 4.79 Å². The van der Waals surface area contributed by atoms with Crippen molar-refractivity contribution in [3.8, 4) is 17.2 Å². The third-order valence-electron chi connectivity index (χ3n) is 9.48. The lowest BCUT2D eigenvalue weighted by molar-refractivity contribution is -0.151. The number of methoxy groups -OCH3 is 1. The van der Waals surface area contributed by atoms with Crippen molar-refractivity contribution in [3.05, 3.63) is 93.3 Å². The number of aryl methyl sites for hydroxylation is 1. The van der Waals surface area contributed by atoms with Crippen LogP contribution in [0.4, 0.5) is 0 Å². The number of nitrogens with zero attached hydrogens (tertiary/aromatic N) is 2. The monoisotopic (exact) mass is 679 g/mol. The molecule has 2 atom stereocenters. The first kappa shape index (κ1) is 31.9. The minimum absolute atomic E-state index is 0.0567. The van der Waals surface area contributed by atoms with Crippen LogP contribution < -0.4 is 37.3 Å². The molecule has 1 aliphatic heterocycles. The van der Waals surface area contributed by atoms with Gasteiger partial charge in [0.2, 0.25) is 17.2 Å². The maximum atomic E-state index is 14.3. The van der Waals surface area contributed by atoms with Crippen LogP contribution in [0.1, 0.15) is 12.6 Å². The number of ether oxygens (including phenoxy) is 1. The second-order valence-corrected chi connectivity index (χ2v) is 12.1.